The molecule has 0 bridgehead atoms. The van der Waals surface area contributed by atoms with Crippen LogP contribution in [-0.4, -0.2) is 19.0 Å². The average molecular weight is 340 g/mol. The number of hydrogen-bond donors (Lipinski definition) is 2. The number of carbonyl (C=O) groups excluding carboxylic acids is 1. The quantitative estimate of drug-likeness (QED) is 0.747. The van der Waals surface area contributed by atoms with Crippen molar-refractivity contribution >= 4 is 34.5 Å². The molecule has 116 valence electrons. The summed E-state index contributed by atoms with van der Waals surface area (Å²) in [5.74, 6) is -0.671. The van der Waals surface area contributed by atoms with E-state index in [-0.39, 0.29) is 18.1 Å². The maximum absolute atomic E-state index is 13.5. The number of carbonyl (C=O) groups is 1. The predicted octanol–water partition coefficient (Wildman–Crippen LogP) is 2.75. The Hall–Kier alpha value is -1.69. The molecule has 0 saturated carbocycles. The van der Waals surface area contributed by atoms with Gasteiger partial charge in [-0.2, -0.15) is 0 Å². The van der Waals surface area contributed by atoms with Crippen LogP contribution in [0.5, 0.6) is 0 Å². The smallest absolute Gasteiger partial charge is 0.279 e. The van der Waals surface area contributed by atoms with Crippen LogP contribution in [0, 0.1) is 5.82 Å². The molecule has 1 atom stereocenters. The second kappa shape index (κ2) is 8.08. The lowest BCUT2D eigenvalue weighted by molar-refractivity contribution is -0.899. The molecule has 0 fully saturated rings. The fourth-order valence-electron chi connectivity index (χ4n) is 2.09. The van der Waals surface area contributed by atoms with Gasteiger partial charge in [-0.3, -0.25) is 4.79 Å². The van der Waals surface area contributed by atoms with Crippen molar-refractivity contribution in [2.24, 2.45) is 0 Å². The van der Waals surface area contributed by atoms with Crippen LogP contribution in [0.3, 0.4) is 0 Å². The first kappa shape index (κ1) is 16.7. The summed E-state index contributed by atoms with van der Waals surface area (Å²) in [6.45, 7) is 5.26. The van der Waals surface area contributed by atoms with E-state index in [1.807, 2.05) is 12.1 Å². The number of nitrogens with one attached hydrogen (secondary N) is 2. The Kier molecular flexibility index (Phi) is 6.12. The van der Waals surface area contributed by atoms with Gasteiger partial charge in [0.1, 0.15) is 12.4 Å². The Morgan fingerprint density at radius 3 is 2.77 bits per heavy atom. The molecular formula is C16H17ClFN2OS+. The maximum Gasteiger partial charge on any atom is 0.279 e. The third-order valence-electron chi connectivity index (χ3n) is 3.04. The van der Waals surface area contributed by atoms with Crippen LogP contribution in [0.25, 0.3) is 0 Å². The number of anilines is 1. The number of amides is 1. The molecule has 1 amide bonds. The Balaban J connectivity index is 1.96. The van der Waals surface area contributed by atoms with E-state index in [0.717, 1.165) is 14.1 Å². The van der Waals surface area contributed by atoms with Gasteiger partial charge in [-0.1, -0.05) is 30.3 Å². The van der Waals surface area contributed by atoms with Gasteiger partial charge in [0, 0.05) is 0 Å². The number of para-hydroxylation sites is 1. The van der Waals surface area contributed by atoms with Gasteiger partial charge in [0.05, 0.1) is 21.4 Å². The van der Waals surface area contributed by atoms with Crippen molar-refractivity contribution < 1.29 is 14.1 Å². The lowest BCUT2D eigenvalue weighted by atomic mass is 10.3. The fourth-order valence-corrected chi connectivity index (χ4v) is 3.25. The van der Waals surface area contributed by atoms with Crippen molar-refractivity contribution in [3.05, 3.63) is 64.1 Å². The van der Waals surface area contributed by atoms with Crippen LogP contribution >= 0.6 is 22.9 Å². The van der Waals surface area contributed by atoms with E-state index < -0.39 is 5.82 Å². The molecule has 2 aromatic rings. The Labute approximate surface area is 138 Å². The van der Waals surface area contributed by atoms with Gasteiger partial charge in [-0.05, 0) is 30.3 Å². The number of halogens is 2. The second-order valence-electron chi connectivity index (χ2n) is 4.83. The normalized spacial score (nSPS) is 11.9. The zero-order valence-corrected chi connectivity index (χ0v) is 13.5. The van der Waals surface area contributed by atoms with Gasteiger partial charge in [0.2, 0.25) is 0 Å². The van der Waals surface area contributed by atoms with E-state index in [0.29, 0.717) is 13.1 Å². The molecule has 0 aliphatic heterocycles. The van der Waals surface area contributed by atoms with Crippen molar-refractivity contribution in [3.8, 4) is 0 Å². The average Bonchev–Trinajstić information content (AvgIpc) is 2.87. The lowest BCUT2D eigenvalue weighted by Crippen LogP contribution is -3.11. The molecule has 6 heteroatoms. The summed E-state index contributed by atoms with van der Waals surface area (Å²) in [5, 5.41) is 2.60. The molecule has 1 aromatic heterocycles. The topological polar surface area (TPSA) is 33.5 Å². The predicted molar refractivity (Wildman–Crippen MR) is 89.0 cm³/mol. The van der Waals surface area contributed by atoms with Gasteiger partial charge in [0.15, 0.2) is 6.54 Å². The monoisotopic (exact) mass is 339 g/mol. The molecule has 0 radical (unpaired) electrons. The van der Waals surface area contributed by atoms with Crippen LogP contribution in [0.2, 0.25) is 4.34 Å². The van der Waals surface area contributed by atoms with Crippen molar-refractivity contribution in [1.82, 2.24) is 0 Å². The third kappa shape index (κ3) is 4.94. The lowest BCUT2D eigenvalue weighted by Gasteiger charge is -2.16. The van der Waals surface area contributed by atoms with Crippen LogP contribution in [0.1, 0.15) is 4.88 Å². The minimum absolute atomic E-state index is 0.199. The molecule has 0 aliphatic carbocycles. The maximum atomic E-state index is 13.5. The molecule has 22 heavy (non-hydrogen) atoms. The van der Waals surface area contributed by atoms with Gasteiger partial charge in [-0.25, -0.2) is 4.39 Å². The minimum Gasteiger partial charge on any atom is -0.319 e. The zero-order chi connectivity index (χ0) is 15.9. The van der Waals surface area contributed by atoms with Crippen LogP contribution in [0.4, 0.5) is 10.1 Å². The summed E-state index contributed by atoms with van der Waals surface area (Å²) in [4.78, 5) is 14.2. The summed E-state index contributed by atoms with van der Waals surface area (Å²) in [5.41, 5.74) is 0.199. The van der Waals surface area contributed by atoms with Gasteiger partial charge < -0.3 is 10.2 Å². The number of hydrogen-bond acceptors (Lipinski definition) is 2. The van der Waals surface area contributed by atoms with Crippen molar-refractivity contribution in [3.63, 3.8) is 0 Å². The first-order valence-electron chi connectivity index (χ1n) is 6.81. The second-order valence-corrected chi connectivity index (χ2v) is 6.63. The van der Waals surface area contributed by atoms with E-state index in [2.05, 4.69) is 11.9 Å². The summed E-state index contributed by atoms with van der Waals surface area (Å²) >= 11 is 7.41. The van der Waals surface area contributed by atoms with E-state index in [1.165, 1.54) is 17.4 Å². The molecule has 2 N–H and O–H groups in total. The third-order valence-corrected chi connectivity index (χ3v) is 4.28. The molecule has 0 saturated heterocycles. The SMILES string of the molecule is C=CC[NH+](CC(=O)Nc1ccccc1F)Cc1ccc(Cl)s1. The Morgan fingerprint density at radius 2 is 2.14 bits per heavy atom. The summed E-state index contributed by atoms with van der Waals surface area (Å²) in [7, 11) is 0. The highest BCUT2D eigenvalue weighted by Gasteiger charge is 2.16. The first-order valence-corrected chi connectivity index (χ1v) is 8.01. The number of thiophene rings is 1. The molecule has 1 unspecified atom stereocenters. The summed E-state index contributed by atoms with van der Waals surface area (Å²) < 4.78 is 14.3. The Bertz CT molecular complexity index is 659. The molecule has 1 aromatic carbocycles. The highest BCUT2D eigenvalue weighted by atomic mass is 35.5. The van der Waals surface area contributed by atoms with E-state index in [1.54, 1.807) is 24.3 Å². The Morgan fingerprint density at radius 1 is 1.36 bits per heavy atom. The largest absolute Gasteiger partial charge is 0.319 e. The number of rotatable bonds is 7. The van der Waals surface area contributed by atoms with Gasteiger partial charge in [0.25, 0.3) is 5.91 Å². The number of quaternary nitrogens is 1. The minimum atomic E-state index is -0.439. The van der Waals surface area contributed by atoms with Crippen molar-refractivity contribution in [2.75, 3.05) is 18.4 Å². The molecule has 1 heterocycles. The number of benzene rings is 1. The highest BCUT2D eigenvalue weighted by molar-refractivity contribution is 7.16. The highest BCUT2D eigenvalue weighted by Crippen LogP contribution is 2.20. The summed E-state index contributed by atoms with van der Waals surface area (Å²) in [6.07, 6.45) is 1.76. The van der Waals surface area contributed by atoms with E-state index in [4.69, 9.17) is 11.6 Å². The molecular weight excluding hydrogens is 323 g/mol. The van der Waals surface area contributed by atoms with Crippen molar-refractivity contribution in [1.29, 1.82) is 0 Å². The van der Waals surface area contributed by atoms with Crippen LogP contribution in [-0.2, 0) is 11.3 Å². The fraction of sp³-hybridized carbons (Fsp3) is 0.188. The molecule has 3 nitrogen and oxygen atoms in total. The first-order chi connectivity index (χ1) is 10.6. The summed E-state index contributed by atoms with van der Waals surface area (Å²) in [6, 6.07) is 9.91. The molecule has 0 aliphatic rings. The van der Waals surface area contributed by atoms with E-state index >= 15 is 0 Å². The zero-order valence-electron chi connectivity index (χ0n) is 11.9. The van der Waals surface area contributed by atoms with Gasteiger partial charge >= 0.3 is 0 Å². The van der Waals surface area contributed by atoms with Gasteiger partial charge in [-0.15, -0.1) is 11.3 Å². The standard InChI is InChI=1S/C16H16ClFN2OS/c1-2-9-20(10-12-7-8-15(17)22-12)11-16(21)19-14-6-4-3-5-13(14)18/h2-8H,1,9-11H2,(H,19,21)/p+1. The van der Waals surface area contributed by atoms with E-state index in [9.17, 15) is 9.18 Å². The molecule has 2 rings (SSSR count). The van der Waals surface area contributed by atoms with Crippen LogP contribution < -0.4 is 10.2 Å². The van der Waals surface area contributed by atoms with Crippen LogP contribution in [0.15, 0.2) is 49.1 Å². The van der Waals surface area contributed by atoms with Crippen molar-refractivity contribution in [2.45, 2.75) is 6.54 Å². The molecule has 0 spiro atoms.